The Kier molecular flexibility index (Phi) is 5.80. The summed E-state index contributed by atoms with van der Waals surface area (Å²) in [6.07, 6.45) is 7.57. The van der Waals surface area contributed by atoms with E-state index in [0.717, 1.165) is 64.7 Å². The van der Waals surface area contributed by atoms with Gasteiger partial charge in [-0.25, -0.2) is 4.98 Å². The molecule has 3 saturated heterocycles. The Labute approximate surface area is 166 Å². The van der Waals surface area contributed by atoms with E-state index in [1.165, 1.54) is 12.3 Å². The van der Waals surface area contributed by atoms with Crippen LogP contribution in [0.15, 0.2) is 18.3 Å². The molecule has 0 aromatic carbocycles. The summed E-state index contributed by atoms with van der Waals surface area (Å²) in [6.45, 7) is 5.22. The lowest BCUT2D eigenvalue weighted by atomic mass is 9.93. The van der Waals surface area contributed by atoms with Crippen LogP contribution in [0.5, 0.6) is 5.75 Å². The van der Waals surface area contributed by atoms with Gasteiger partial charge in [-0.1, -0.05) is 0 Å². The second-order valence-electron chi connectivity index (χ2n) is 8.29. The van der Waals surface area contributed by atoms with Crippen LogP contribution in [0.25, 0.3) is 0 Å². The molecule has 4 heterocycles. The van der Waals surface area contributed by atoms with Crippen molar-refractivity contribution in [3.63, 3.8) is 0 Å². The van der Waals surface area contributed by atoms with E-state index < -0.39 is 0 Å². The Balaban J connectivity index is 1.30. The first-order valence-corrected chi connectivity index (χ1v) is 10.6. The first kappa shape index (κ1) is 19.2. The van der Waals surface area contributed by atoms with Gasteiger partial charge >= 0.3 is 0 Å². The fraction of sp³-hybridized carbons (Fsp3) is 0.667. The third kappa shape index (κ3) is 4.14. The molecule has 0 saturated carbocycles. The van der Waals surface area contributed by atoms with Crippen LogP contribution in [0.1, 0.15) is 49.0 Å². The fourth-order valence-corrected chi connectivity index (χ4v) is 4.84. The van der Waals surface area contributed by atoms with E-state index in [1.807, 2.05) is 4.90 Å². The van der Waals surface area contributed by atoms with E-state index in [0.29, 0.717) is 30.7 Å². The highest BCUT2D eigenvalue weighted by atomic mass is 16.3. The van der Waals surface area contributed by atoms with Gasteiger partial charge < -0.3 is 14.9 Å². The van der Waals surface area contributed by atoms with Crippen LogP contribution < -0.4 is 0 Å². The molecule has 1 atom stereocenters. The molecule has 7 nitrogen and oxygen atoms in total. The van der Waals surface area contributed by atoms with Crippen molar-refractivity contribution >= 4 is 11.8 Å². The number of carbonyl (C=O) groups is 2. The van der Waals surface area contributed by atoms with Crippen LogP contribution in [-0.2, 0) is 4.79 Å². The standard InChI is InChI=1S/C21H30N4O3/c26-18-5-6-19(22-14-18)21(28)24-12-7-17(8-13-24)25-11-3-4-16(15-25)20(27)23-9-1-2-10-23/h5-6,14,16-17,26H,1-4,7-13,15H2. The molecule has 28 heavy (non-hydrogen) atoms. The van der Waals surface area contributed by atoms with Crippen LogP contribution >= 0.6 is 0 Å². The van der Waals surface area contributed by atoms with Gasteiger partial charge in [0.2, 0.25) is 5.91 Å². The molecular formula is C21H30N4O3. The van der Waals surface area contributed by atoms with Gasteiger partial charge in [-0.15, -0.1) is 0 Å². The van der Waals surface area contributed by atoms with Crippen LogP contribution in [0.3, 0.4) is 0 Å². The second-order valence-corrected chi connectivity index (χ2v) is 8.29. The average molecular weight is 386 g/mol. The van der Waals surface area contributed by atoms with Gasteiger partial charge in [0.25, 0.3) is 5.91 Å². The minimum absolute atomic E-state index is 0.0680. The molecule has 0 bridgehead atoms. The molecule has 1 N–H and O–H groups in total. The maximum atomic E-state index is 12.8. The van der Waals surface area contributed by atoms with E-state index in [9.17, 15) is 14.7 Å². The lowest BCUT2D eigenvalue weighted by Crippen LogP contribution is -2.51. The number of likely N-dealkylation sites (tertiary alicyclic amines) is 3. The van der Waals surface area contributed by atoms with Gasteiger partial charge in [-0.3, -0.25) is 14.5 Å². The number of piperidine rings is 2. The van der Waals surface area contributed by atoms with Crippen molar-refractivity contribution in [3.8, 4) is 5.75 Å². The second kappa shape index (κ2) is 8.47. The van der Waals surface area contributed by atoms with Crippen LogP contribution in [0, 0.1) is 5.92 Å². The summed E-state index contributed by atoms with van der Waals surface area (Å²) >= 11 is 0. The van der Waals surface area contributed by atoms with Gasteiger partial charge in [0.1, 0.15) is 11.4 Å². The summed E-state index contributed by atoms with van der Waals surface area (Å²) in [4.78, 5) is 35.8. The zero-order valence-electron chi connectivity index (χ0n) is 16.4. The average Bonchev–Trinajstić information content (AvgIpc) is 3.28. The Morgan fingerprint density at radius 1 is 0.929 bits per heavy atom. The predicted molar refractivity (Wildman–Crippen MR) is 105 cm³/mol. The van der Waals surface area contributed by atoms with Crippen molar-refractivity contribution in [3.05, 3.63) is 24.0 Å². The first-order chi connectivity index (χ1) is 13.6. The highest BCUT2D eigenvalue weighted by Crippen LogP contribution is 2.26. The molecule has 152 valence electrons. The highest BCUT2D eigenvalue weighted by molar-refractivity contribution is 5.92. The largest absolute Gasteiger partial charge is 0.506 e. The molecule has 3 fully saturated rings. The Bertz CT molecular complexity index is 694. The molecule has 0 radical (unpaired) electrons. The summed E-state index contributed by atoms with van der Waals surface area (Å²) in [5.74, 6) is 0.499. The maximum Gasteiger partial charge on any atom is 0.272 e. The van der Waals surface area contributed by atoms with Gasteiger partial charge in [0.15, 0.2) is 0 Å². The van der Waals surface area contributed by atoms with Crippen LogP contribution in [0.4, 0.5) is 0 Å². The number of nitrogens with zero attached hydrogens (tertiary/aromatic N) is 4. The Hall–Kier alpha value is -2.15. The number of rotatable bonds is 3. The predicted octanol–water partition coefficient (Wildman–Crippen LogP) is 1.73. The zero-order valence-corrected chi connectivity index (χ0v) is 16.4. The smallest absolute Gasteiger partial charge is 0.272 e. The maximum absolute atomic E-state index is 12.8. The summed E-state index contributed by atoms with van der Waals surface area (Å²) in [6, 6.07) is 3.52. The third-order valence-electron chi connectivity index (χ3n) is 6.45. The number of hydrogen-bond acceptors (Lipinski definition) is 5. The van der Waals surface area contributed by atoms with Crippen molar-refractivity contribution in [1.29, 1.82) is 0 Å². The van der Waals surface area contributed by atoms with Gasteiger partial charge in [0.05, 0.1) is 12.1 Å². The molecule has 4 rings (SSSR count). The number of amides is 2. The monoisotopic (exact) mass is 386 g/mol. The van der Waals surface area contributed by atoms with Crippen LogP contribution in [-0.4, -0.2) is 81.9 Å². The number of aromatic nitrogens is 1. The first-order valence-electron chi connectivity index (χ1n) is 10.6. The van der Waals surface area contributed by atoms with Gasteiger partial charge in [-0.2, -0.15) is 0 Å². The molecule has 1 aromatic heterocycles. The van der Waals surface area contributed by atoms with E-state index in [2.05, 4.69) is 14.8 Å². The summed E-state index contributed by atoms with van der Waals surface area (Å²) in [7, 11) is 0. The highest BCUT2D eigenvalue weighted by Gasteiger charge is 2.34. The van der Waals surface area contributed by atoms with E-state index in [1.54, 1.807) is 6.07 Å². The van der Waals surface area contributed by atoms with Crippen molar-refractivity contribution in [1.82, 2.24) is 19.7 Å². The topological polar surface area (TPSA) is 77.0 Å². The van der Waals surface area contributed by atoms with E-state index in [4.69, 9.17) is 0 Å². The molecule has 3 aliphatic rings. The summed E-state index contributed by atoms with van der Waals surface area (Å²) in [5, 5.41) is 9.34. The van der Waals surface area contributed by atoms with Gasteiger partial charge in [0, 0.05) is 38.8 Å². The minimum atomic E-state index is -0.0702. The van der Waals surface area contributed by atoms with Crippen molar-refractivity contribution in [2.75, 3.05) is 39.3 Å². The molecule has 0 aliphatic carbocycles. The van der Waals surface area contributed by atoms with Crippen molar-refractivity contribution in [2.24, 2.45) is 5.92 Å². The number of pyridine rings is 1. The lowest BCUT2D eigenvalue weighted by Gasteiger charge is -2.42. The number of hydrogen-bond donors (Lipinski definition) is 1. The normalized spacial score (nSPS) is 24.5. The number of aromatic hydroxyl groups is 1. The summed E-state index contributed by atoms with van der Waals surface area (Å²) in [5.41, 5.74) is 0.380. The van der Waals surface area contributed by atoms with E-state index in [-0.39, 0.29) is 17.6 Å². The molecule has 1 unspecified atom stereocenters. The quantitative estimate of drug-likeness (QED) is 0.856. The molecule has 3 aliphatic heterocycles. The van der Waals surface area contributed by atoms with Gasteiger partial charge in [-0.05, 0) is 57.2 Å². The molecule has 2 amide bonds. The molecule has 0 spiro atoms. The Morgan fingerprint density at radius 2 is 1.68 bits per heavy atom. The molecule has 7 heteroatoms. The third-order valence-corrected chi connectivity index (χ3v) is 6.45. The molecular weight excluding hydrogens is 356 g/mol. The fourth-order valence-electron chi connectivity index (χ4n) is 4.84. The summed E-state index contributed by atoms with van der Waals surface area (Å²) < 4.78 is 0. The van der Waals surface area contributed by atoms with Crippen molar-refractivity contribution < 1.29 is 14.7 Å². The number of carbonyl (C=O) groups excluding carboxylic acids is 2. The zero-order chi connectivity index (χ0) is 19.5. The lowest BCUT2D eigenvalue weighted by molar-refractivity contribution is -0.136. The van der Waals surface area contributed by atoms with Crippen molar-refractivity contribution in [2.45, 2.75) is 44.6 Å². The van der Waals surface area contributed by atoms with Crippen LogP contribution in [0.2, 0.25) is 0 Å². The Morgan fingerprint density at radius 3 is 2.36 bits per heavy atom. The molecule has 1 aromatic rings. The minimum Gasteiger partial charge on any atom is -0.506 e. The SMILES string of the molecule is O=C(c1ccc(O)cn1)N1CCC(N2CCCC(C(=O)N3CCCC3)C2)CC1. The van der Waals surface area contributed by atoms with E-state index >= 15 is 0 Å².